The molecule has 1 aromatic carbocycles. The van der Waals surface area contributed by atoms with Crippen LogP contribution in [0.2, 0.25) is 0 Å². The molecule has 2 aliphatic carbocycles. The van der Waals surface area contributed by atoms with Crippen LogP contribution in [0.15, 0.2) is 18.2 Å². The molecule has 2 saturated carbocycles. The highest BCUT2D eigenvalue weighted by Crippen LogP contribution is 2.52. The summed E-state index contributed by atoms with van der Waals surface area (Å²) < 4.78 is 11.6. The molecule has 4 heteroatoms. The lowest BCUT2D eigenvalue weighted by Gasteiger charge is -2.56. The molecule has 3 unspecified atom stereocenters. The van der Waals surface area contributed by atoms with E-state index in [4.69, 9.17) is 9.47 Å². The summed E-state index contributed by atoms with van der Waals surface area (Å²) in [5.41, 5.74) is 3.18. The molecule has 3 fully saturated rings. The Kier molecular flexibility index (Phi) is 4.23. The zero-order valence-corrected chi connectivity index (χ0v) is 16.5. The Morgan fingerprint density at radius 2 is 2.04 bits per heavy atom. The smallest absolute Gasteiger partial charge is 0.309 e. The van der Waals surface area contributed by atoms with E-state index in [0.29, 0.717) is 17.4 Å². The van der Waals surface area contributed by atoms with Gasteiger partial charge >= 0.3 is 5.97 Å². The van der Waals surface area contributed by atoms with Gasteiger partial charge in [-0.3, -0.25) is 4.79 Å². The predicted molar refractivity (Wildman–Crippen MR) is 104 cm³/mol. The van der Waals surface area contributed by atoms with Gasteiger partial charge in [0.15, 0.2) is 0 Å². The fourth-order valence-corrected chi connectivity index (χ4v) is 5.79. The van der Waals surface area contributed by atoms with Crippen molar-refractivity contribution in [2.75, 3.05) is 20.2 Å². The number of hydrogen-bond donors (Lipinski definition) is 1. The first-order chi connectivity index (χ1) is 13.1. The molecule has 2 heterocycles. The molecule has 0 aromatic heterocycles. The number of esters is 1. The molecule has 1 spiro atoms. The molecule has 1 saturated heterocycles. The number of ether oxygens (including phenoxy) is 2. The number of rotatable bonds is 5. The topological polar surface area (TPSA) is 47.6 Å². The minimum Gasteiger partial charge on any atom is -0.490 e. The summed E-state index contributed by atoms with van der Waals surface area (Å²) in [6.45, 7) is 4.41. The largest absolute Gasteiger partial charge is 0.490 e. The lowest BCUT2D eigenvalue weighted by atomic mass is 9.56. The first kappa shape index (κ1) is 17.5. The van der Waals surface area contributed by atoms with Gasteiger partial charge in [-0.2, -0.15) is 0 Å². The van der Waals surface area contributed by atoms with Crippen LogP contribution in [0.4, 0.5) is 0 Å². The van der Waals surface area contributed by atoms with Gasteiger partial charge < -0.3 is 14.8 Å². The van der Waals surface area contributed by atoms with E-state index in [0.717, 1.165) is 24.5 Å². The fraction of sp³-hybridized carbons (Fsp3) is 0.696. The molecule has 1 N–H and O–H groups in total. The van der Waals surface area contributed by atoms with Crippen LogP contribution in [0.3, 0.4) is 0 Å². The van der Waals surface area contributed by atoms with Crippen molar-refractivity contribution in [1.29, 1.82) is 0 Å². The van der Waals surface area contributed by atoms with E-state index in [1.165, 1.54) is 57.0 Å². The van der Waals surface area contributed by atoms with E-state index in [-0.39, 0.29) is 17.8 Å². The standard InChI is InChI=1S/C23H31NO3/c1-14(22(25)26-2)21(16-4-5-16)17-6-3-15-7-8-19(27-20(15)9-17)18-10-23(11-18)12-24-13-23/h3,6,9,14,16,18-19,21,24H,4-5,7-8,10-13H2,1-2H3. The molecule has 0 radical (unpaired) electrons. The zero-order chi connectivity index (χ0) is 18.6. The summed E-state index contributed by atoms with van der Waals surface area (Å²) in [5, 5.41) is 3.43. The quantitative estimate of drug-likeness (QED) is 0.805. The second-order valence-corrected chi connectivity index (χ2v) is 9.51. The number of aryl methyl sites for hydroxylation is 1. The van der Waals surface area contributed by atoms with Gasteiger partial charge in [0.05, 0.1) is 13.0 Å². The zero-order valence-electron chi connectivity index (χ0n) is 16.5. The van der Waals surface area contributed by atoms with Crippen LogP contribution in [0, 0.1) is 23.2 Å². The Morgan fingerprint density at radius 3 is 2.67 bits per heavy atom. The lowest BCUT2D eigenvalue weighted by Crippen LogP contribution is -2.62. The molecule has 4 aliphatic rings. The molecular weight excluding hydrogens is 338 g/mol. The highest BCUT2D eigenvalue weighted by Gasteiger charge is 2.51. The molecule has 5 rings (SSSR count). The molecule has 27 heavy (non-hydrogen) atoms. The van der Waals surface area contributed by atoms with Gasteiger partial charge in [0.1, 0.15) is 11.9 Å². The van der Waals surface area contributed by atoms with Crippen molar-refractivity contribution in [3.05, 3.63) is 29.3 Å². The van der Waals surface area contributed by atoms with Crippen LogP contribution in [-0.4, -0.2) is 32.3 Å². The average Bonchev–Trinajstić information content (AvgIpc) is 3.43. The molecule has 1 aromatic rings. The van der Waals surface area contributed by atoms with Crippen molar-refractivity contribution in [2.24, 2.45) is 23.2 Å². The van der Waals surface area contributed by atoms with E-state index >= 15 is 0 Å². The van der Waals surface area contributed by atoms with Crippen LogP contribution in [0.25, 0.3) is 0 Å². The molecule has 3 atom stereocenters. The van der Waals surface area contributed by atoms with Gasteiger partial charge in [0, 0.05) is 13.1 Å². The number of fused-ring (bicyclic) bond motifs is 1. The minimum absolute atomic E-state index is 0.0995. The molecule has 146 valence electrons. The summed E-state index contributed by atoms with van der Waals surface area (Å²) in [5.74, 6) is 2.44. The number of benzene rings is 1. The predicted octanol–water partition coefficient (Wildman–Crippen LogP) is 3.68. The average molecular weight is 370 g/mol. The van der Waals surface area contributed by atoms with Crippen LogP contribution in [0.5, 0.6) is 5.75 Å². The minimum atomic E-state index is -0.0997. The number of methoxy groups -OCH3 is 1. The monoisotopic (exact) mass is 369 g/mol. The Labute approximate surface area is 162 Å². The SMILES string of the molecule is COC(=O)C(C)C(c1ccc2c(c1)OC(C1CC3(CNC3)C1)CC2)C1CC1. The van der Waals surface area contributed by atoms with Gasteiger partial charge in [0.25, 0.3) is 0 Å². The van der Waals surface area contributed by atoms with Gasteiger partial charge in [-0.25, -0.2) is 0 Å². The fourth-order valence-electron chi connectivity index (χ4n) is 5.79. The number of carbonyl (C=O) groups is 1. The highest BCUT2D eigenvalue weighted by atomic mass is 16.5. The van der Waals surface area contributed by atoms with Gasteiger partial charge in [-0.1, -0.05) is 19.1 Å². The lowest BCUT2D eigenvalue weighted by molar-refractivity contribution is -0.145. The van der Waals surface area contributed by atoms with E-state index < -0.39 is 0 Å². The number of hydrogen-bond acceptors (Lipinski definition) is 4. The van der Waals surface area contributed by atoms with E-state index in [2.05, 4.69) is 23.5 Å². The van der Waals surface area contributed by atoms with Crippen molar-refractivity contribution >= 4 is 5.97 Å². The maximum atomic E-state index is 12.2. The third-order valence-corrected chi connectivity index (χ3v) is 7.61. The van der Waals surface area contributed by atoms with Crippen molar-refractivity contribution in [3.63, 3.8) is 0 Å². The molecule has 0 amide bonds. The maximum Gasteiger partial charge on any atom is 0.309 e. The van der Waals surface area contributed by atoms with Crippen LogP contribution in [-0.2, 0) is 16.0 Å². The molecule has 2 aliphatic heterocycles. The Morgan fingerprint density at radius 1 is 1.26 bits per heavy atom. The summed E-state index contributed by atoms with van der Waals surface area (Å²) in [6.07, 6.45) is 7.70. The van der Waals surface area contributed by atoms with Crippen molar-refractivity contribution in [2.45, 2.75) is 57.5 Å². The summed E-state index contributed by atoms with van der Waals surface area (Å²) in [6, 6.07) is 6.70. The van der Waals surface area contributed by atoms with Crippen LogP contribution >= 0.6 is 0 Å². The molecular formula is C23H31NO3. The Bertz CT molecular complexity index is 729. The molecule has 0 bridgehead atoms. The number of nitrogens with one attached hydrogen (secondary N) is 1. The van der Waals surface area contributed by atoms with Crippen molar-refractivity contribution < 1.29 is 14.3 Å². The third-order valence-electron chi connectivity index (χ3n) is 7.61. The Balaban J connectivity index is 1.33. The second kappa shape index (κ2) is 6.51. The van der Waals surface area contributed by atoms with Crippen LogP contribution in [0.1, 0.15) is 56.1 Å². The summed E-state index contributed by atoms with van der Waals surface area (Å²) in [7, 11) is 1.49. The van der Waals surface area contributed by atoms with Gasteiger partial charge in [-0.05, 0) is 78.9 Å². The maximum absolute atomic E-state index is 12.2. The van der Waals surface area contributed by atoms with Gasteiger partial charge in [0.2, 0.25) is 0 Å². The summed E-state index contributed by atoms with van der Waals surface area (Å²) in [4.78, 5) is 12.2. The van der Waals surface area contributed by atoms with Crippen LogP contribution < -0.4 is 10.1 Å². The highest BCUT2D eigenvalue weighted by molar-refractivity contribution is 5.73. The number of carbonyl (C=O) groups excluding carboxylic acids is 1. The third kappa shape index (κ3) is 3.06. The van der Waals surface area contributed by atoms with E-state index in [1.54, 1.807) is 0 Å². The van der Waals surface area contributed by atoms with Gasteiger partial charge in [-0.15, -0.1) is 0 Å². The summed E-state index contributed by atoms with van der Waals surface area (Å²) >= 11 is 0. The van der Waals surface area contributed by atoms with E-state index in [9.17, 15) is 4.79 Å². The first-order valence-corrected chi connectivity index (χ1v) is 10.7. The molecule has 4 nitrogen and oxygen atoms in total. The Hall–Kier alpha value is -1.55. The second-order valence-electron chi connectivity index (χ2n) is 9.51. The normalized spacial score (nSPS) is 28.3. The van der Waals surface area contributed by atoms with E-state index in [1.807, 2.05) is 6.92 Å². The van der Waals surface area contributed by atoms with Crippen molar-refractivity contribution in [3.8, 4) is 5.75 Å². The van der Waals surface area contributed by atoms with Crippen molar-refractivity contribution in [1.82, 2.24) is 5.32 Å². The first-order valence-electron chi connectivity index (χ1n) is 10.7.